The Kier molecular flexibility index (Phi) is 6.08. The van der Waals surface area contributed by atoms with Crippen LogP contribution in [0.2, 0.25) is 0 Å². The highest BCUT2D eigenvalue weighted by atomic mass is 32.2. The van der Waals surface area contributed by atoms with E-state index in [0.29, 0.717) is 0 Å². The van der Waals surface area contributed by atoms with E-state index in [2.05, 4.69) is 0 Å². The number of nitrogens with one attached hydrogen (secondary N) is 1. The predicted octanol–water partition coefficient (Wildman–Crippen LogP) is 1.38. The highest BCUT2D eigenvalue weighted by Crippen LogP contribution is 2.19. The summed E-state index contributed by atoms with van der Waals surface area (Å²) >= 11 is 0. The largest absolute Gasteiger partial charge is 0.480 e. The quantitative estimate of drug-likeness (QED) is 0.776. The van der Waals surface area contributed by atoms with E-state index in [1.54, 1.807) is 0 Å². The molecule has 1 aromatic carbocycles. The van der Waals surface area contributed by atoms with E-state index < -0.39 is 34.3 Å². The Bertz CT molecular complexity index is 703. The van der Waals surface area contributed by atoms with Crippen molar-refractivity contribution in [3.8, 4) is 0 Å². The van der Waals surface area contributed by atoms with Gasteiger partial charge in [-0.2, -0.15) is 0 Å². The highest BCUT2D eigenvalue weighted by Gasteiger charge is 2.21. The summed E-state index contributed by atoms with van der Waals surface area (Å²) in [7, 11) is -3.71. The number of nitrogens with zero attached hydrogens (tertiary/aromatic N) is 1. The van der Waals surface area contributed by atoms with Crippen molar-refractivity contribution < 1.29 is 27.5 Å². The summed E-state index contributed by atoms with van der Waals surface area (Å²) in [6, 6.07) is 3.18. The molecule has 2 N–H and O–H groups in total. The molecular weight excluding hydrogens is 327 g/mol. The zero-order valence-electron chi connectivity index (χ0n) is 13.0. The molecule has 1 amide bonds. The lowest BCUT2D eigenvalue weighted by Gasteiger charge is -2.23. The maximum absolute atomic E-state index is 13.6. The van der Waals surface area contributed by atoms with E-state index in [0.717, 1.165) is 23.3 Å². The number of carbonyl (C=O) groups is 2. The standard InChI is InChI=1S/C14H19FN2O5S/c1-9(2)7-17(8-13(18)19)14(20)10-4-5-11(15)12(6-10)16-23(3,21)22/h4-6,9,16H,7-8H2,1-3H3,(H,18,19). The van der Waals surface area contributed by atoms with Crippen LogP contribution in [-0.2, 0) is 14.8 Å². The van der Waals surface area contributed by atoms with E-state index in [1.807, 2.05) is 18.6 Å². The summed E-state index contributed by atoms with van der Waals surface area (Å²) in [5.74, 6) is -2.58. The average molecular weight is 346 g/mol. The Labute approximate surface area is 134 Å². The number of carbonyl (C=O) groups excluding carboxylic acids is 1. The molecule has 0 fully saturated rings. The second-order valence-corrected chi connectivity index (χ2v) is 7.29. The minimum atomic E-state index is -3.71. The molecule has 0 saturated carbocycles. The van der Waals surface area contributed by atoms with Crippen molar-refractivity contribution in [2.45, 2.75) is 13.8 Å². The first kappa shape index (κ1) is 18.9. The van der Waals surface area contributed by atoms with E-state index >= 15 is 0 Å². The van der Waals surface area contributed by atoms with Crippen LogP contribution in [0.15, 0.2) is 18.2 Å². The third-order valence-electron chi connectivity index (χ3n) is 2.71. The monoisotopic (exact) mass is 346 g/mol. The Morgan fingerprint density at radius 3 is 2.43 bits per heavy atom. The van der Waals surface area contributed by atoms with Crippen molar-refractivity contribution in [2.75, 3.05) is 24.1 Å². The van der Waals surface area contributed by atoms with Gasteiger partial charge in [-0.15, -0.1) is 0 Å². The smallest absolute Gasteiger partial charge is 0.323 e. The fourth-order valence-electron chi connectivity index (χ4n) is 1.94. The van der Waals surface area contributed by atoms with Gasteiger partial charge >= 0.3 is 5.97 Å². The number of amides is 1. The van der Waals surface area contributed by atoms with Crippen LogP contribution < -0.4 is 4.72 Å². The number of aliphatic carboxylic acids is 1. The number of carboxylic acid groups (broad SMARTS) is 1. The molecule has 7 nitrogen and oxygen atoms in total. The molecule has 0 radical (unpaired) electrons. The van der Waals surface area contributed by atoms with Crippen LogP contribution in [0.4, 0.5) is 10.1 Å². The summed E-state index contributed by atoms with van der Waals surface area (Å²) in [6.07, 6.45) is 0.858. The first-order valence-electron chi connectivity index (χ1n) is 6.78. The molecule has 1 rings (SSSR count). The molecule has 9 heteroatoms. The molecule has 128 valence electrons. The van der Waals surface area contributed by atoms with Crippen molar-refractivity contribution in [3.63, 3.8) is 0 Å². The van der Waals surface area contributed by atoms with Crippen LogP contribution in [-0.4, -0.2) is 49.6 Å². The average Bonchev–Trinajstić information content (AvgIpc) is 2.37. The van der Waals surface area contributed by atoms with Crippen molar-refractivity contribution in [3.05, 3.63) is 29.6 Å². The lowest BCUT2D eigenvalue weighted by Crippen LogP contribution is -2.38. The SMILES string of the molecule is CC(C)CN(CC(=O)O)C(=O)c1ccc(F)c(NS(C)(=O)=O)c1. The van der Waals surface area contributed by atoms with Gasteiger partial charge in [0.2, 0.25) is 10.0 Å². The van der Waals surface area contributed by atoms with Gasteiger partial charge in [-0.1, -0.05) is 13.8 Å². The van der Waals surface area contributed by atoms with Gasteiger partial charge in [-0.25, -0.2) is 12.8 Å². The maximum atomic E-state index is 13.6. The molecular formula is C14H19FN2O5S. The van der Waals surface area contributed by atoms with Gasteiger partial charge in [0, 0.05) is 12.1 Å². The first-order chi connectivity index (χ1) is 10.5. The number of anilines is 1. The minimum absolute atomic E-state index is 0.000509. The number of sulfonamides is 1. The number of hydrogen-bond donors (Lipinski definition) is 2. The fourth-order valence-corrected chi connectivity index (χ4v) is 2.50. The molecule has 0 spiro atoms. The number of benzene rings is 1. The first-order valence-corrected chi connectivity index (χ1v) is 8.67. The zero-order valence-corrected chi connectivity index (χ0v) is 13.9. The summed E-state index contributed by atoms with van der Waals surface area (Å²) in [5, 5.41) is 8.90. The van der Waals surface area contributed by atoms with Crippen LogP contribution in [0.25, 0.3) is 0 Å². The van der Waals surface area contributed by atoms with Gasteiger partial charge in [0.25, 0.3) is 5.91 Å². The number of carboxylic acids is 1. The van der Waals surface area contributed by atoms with E-state index in [9.17, 15) is 22.4 Å². The van der Waals surface area contributed by atoms with Gasteiger partial charge < -0.3 is 10.0 Å². The van der Waals surface area contributed by atoms with Crippen molar-refractivity contribution in [1.82, 2.24) is 4.90 Å². The number of halogens is 1. The molecule has 0 aliphatic rings. The van der Waals surface area contributed by atoms with Crippen molar-refractivity contribution >= 4 is 27.6 Å². The van der Waals surface area contributed by atoms with Crippen molar-refractivity contribution in [1.29, 1.82) is 0 Å². The molecule has 0 saturated heterocycles. The van der Waals surface area contributed by atoms with E-state index in [1.165, 1.54) is 6.07 Å². The maximum Gasteiger partial charge on any atom is 0.323 e. The fraction of sp³-hybridized carbons (Fsp3) is 0.429. The van der Waals surface area contributed by atoms with Crippen LogP contribution in [0.3, 0.4) is 0 Å². The lowest BCUT2D eigenvalue weighted by atomic mass is 10.1. The van der Waals surface area contributed by atoms with Crippen LogP contribution >= 0.6 is 0 Å². The van der Waals surface area contributed by atoms with Gasteiger partial charge in [0.15, 0.2) is 0 Å². The second-order valence-electron chi connectivity index (χ2n) is 5.54. The van der Waals surface area contributed by atoms with E-state index in [-0.39, 0.29) is 23.7 Å². The molecule has 0 aliphatic heterocycles. The normalized spacial score (nSPS) is 11.3. The Morgan fingerprint density at radius 1 is 1.35 bits per heavy atom. The molecule has 0 heterocycles. The molecule has 0 aliphatic carbocycles. The van der Waals surface area contributed by atoms with Gasteiger partial charge in [-0.05, 0) is 24.1 Å². The molecule has 0 aromatic heterocycles. The number of hydrogen-bond acceptors (Lipinski definition) is 4. The third kappa shape index (κ3) is 6.23. The van der Waals surface area contributed by atoms with Gasteiger partial charge in [-0.3, -0.25) is 14.3 Å². The molecule has 1 aromatic rings. The van der Waals surface area contributed by atoms with Gasteiger partial charge in [0.05, 0.1) is 11.9 Å². The Hall–Kier alpha value is -2.16. The van der Waals surface area contributed by atoms with Crippen LogP contribution in [0.1, 0.15) is 24.2 Å². The van der Waals surface area contributed by atoms with E-state index in [4.69, 9.17) is 5.11 Å². The van der Waals surface area contributed by atoms with Crippen LogP contribution in [0, 0.1) is 11.7 Å². The Balaban J connectivity index is 3.14. The molecule has 0 atom stereocenters. The minimum Gasteiger partial charge on any atom is -0.480 e. The summed E-state index contributed by atoms with van der Waals surface area (Å²) in [6.45, 7) is 3.35. The summed E-state index contributed by atoms with van der Waals surface area (Å²) in [5.41, 5.74) is -0.363. The van der Waals surface area contributed by atoms with Gasteiger partial charge in [0.1, 0.15) is 12.4 Å². The Morgan fingerprint density at radius 2 is 1.96 bits per heavy atom. The summed E-state index contributed by atoms with van der Waals surface area (Å²) in [4.78, 5) is 24.4. The molecule has 0 unspecified atom stereocenters. The third-order valence-corrected chi connectivity index (χ3v) is 3.30. The second kappa shape index (κ2) is 7.40. The predicted molar refractivity (Wildman–Crippen MR) is 83.2 cm³/mol. The summed E-state index contributed by atoms with van der Waals surface area (Å²) < 4.78 is 38.0. The molecule has 23 heavy (non-hydrogen) atoms. The zero-order chi connectivity index (χ0) is 17.8. The number of rotatable bonds is 7. The topological polar surface area (TPSA) is 104 Å². The highest BCUT2D eigenvalue weighted by molar-refractivity contribution is 7.92. The van der Waals surface area contributed by atoms with Crippen LogP contribution in [0.5, 0.6) is 0 Å². The molecule has 0 bridgehead atoms. The van der Waals surface area contributed by atoms with Crippen molar-refractivity contribution in [2.24, 2.45) is 5.92 Å². The lowest BCUT2D eigenvalue weighted by molar-refractivity contribution is -0.137.